The van der Waals surface area contributed by atoms with Crippen molar-refractivity contribution in [1.82, 2.24) is 19.5 Å². The van der Waals surface area contributed by atoms with Crippen LogP contribution in [-0.2, 0) is 18.9 Å². The highest BCUT2D eigenvalue weighted by Gasteiger charge is 2.51. The number of fused-ring (bicyclic) bond motifs is 1. The van der Waals surface area contributed by atoms with Crippen molar-refractivity contribution < 1.29 is 33.3 Å². The van der Waals surface area contributed by atoms with Gasteiger partial charge < -0.3 is 24.7 Å². The van der Waals surface area contributed by atoms with Crippen LogP contribution in [0.1, 0.15) is 37.3 Å². The molecule has 6 rings (SSSR count). The minimum Gasteiger partial charge on any atom is -0.459 e. The predicted octanol–water partition coefficient (Wildman–Crippen LogP) is 3.61. The summed E-state index contributed by atoms with van der Waals surface area (Å²) < 4.78 is 25.3. The highest BCUT2D eigenvalue weighted by molar-refractivity contribution is 5.91. The SMILES string of the molecule is Nc1ncnc2c1ncn2[C@@H]1O[C@H](COC(=O)c2ccccc2)[C@@H](OC(=O)c2ccccc2)[C@H]1OC(=O)c1ccccc1. The van der Waals surface area contributed by atoms with E-state index < -0.39 is 42.4 Å². The fourth-order valence-electron chi connectivity index (χ4n) is 4.74. The monoisotopic (exact) mass is 579 g/mol. The number of hydrogen-bond acceptors (Lipinski definition) is 11. The fourth-order valence-corrected chi connectivity index (χ4v) is 4.74. The molecule has 0 saturated carbocycles. The number of anilines is 1. The number of nitrogens with two attached hydrogens (primary N) is 1. The summed E-state index contributed by atoms with van der Waals surface area (Å²) in [6, 6.07) is 25.1. The Labute approximate surface area is 245 Å². The number of carbonyl (C=O) groups excluding carboxylic acids is 3. The highest BCUT2D eigenvalue weighted by atomic mass is 16.7. The molecule has 0 aliphatic carbocycles. The van der Waals surface area contributed by atoms with Gasteiger partial charge in [-0.05, 0) is 36.4 Å². The molecule has 4 atom stereocenters. The third kappa shape index (κ3) is 5.76. The minimum absolute atomic E-state index is 0.139. The third-order valence-electron chi connectivity index (χ3n) is 6.84. The number of imidazole rings is 1. The van der Waals surface area contributed by atoms with E-state index in [1.807, 2.05) is 0 Å². The van der Waals surface area contributed by atoms with E-state index in [9.17, 15) is 14.4 Å². The van der Waals surface area contributed by atoms with E-state index >= 15 is 0 Å². The van der Waals surface area contributed by atoms with Gasteiger partial charge in [0.2, 0.25) is 0 Å². The van der Waals surface area contributed by atoms with E-state index in [1.54, 1.807) is 91.0 Å². The first-order valence-corrected chi connectivity index (χ1v) is 13.3. The summed E-state index contributed by atoms with van der Waals surface area (Å²) in [7, 11) is 0. The standard InChI is InChI=1S/C31H25N5O7/c32-26-23-27(34-17-33-26)36(18-35-23)28-25(43-31(39)21-14-8-3-9-15-21)24(42-30(38)20-12-6-2-7-13-20)22(41-28)16-40-29(37)19-10-4-1-5-11-19/h1-15,17-18,22,24-25,28H,16H2,(H2,32,33,34)/t22-,24-,25-,28-/m1/s1. The Morgan fingerprint density at radius 3 is 1.84 bits per heavy atom. The molecule has 216 valence electrons. The van der Waals surface area contributed by atoms with Crippen LogP contribution < -0.4 is 5.73 Å². The van der Waals surface area contributed by atoms with E-state index in [0.717, 1.165) is 0 Å². The Morgan fingerprint density at radius 1 is 0.721 bits per heavy atom. The normalized spacial score (nSPS) is 19.5. The van der Waals surface area contributed by atoms with Crippen molar-refractivity contribution in [3.8, 4) is 0 Å². The Bertz CT molecular complexity index is 1750. The first kappa shape index (κ1) is 27.5. The van der Waals surface area contributed by atoms with E-state index in [-0.39, 0.29) is 23.6 Å². The summed E-state index contributed by atoms with van der Waals surface area (Å²) >= 11 is 0. The molecule has 12 heteroatoms. The molecule has 2 N–H and O–H groups in total. The van der Waals surface area contributed by atoms with Gasteiger partial charge in [-0.1, -0.05) is 54.6 Å². The van der Waals surface area contributed by atoms with Gasteiger partial charge >= 0.3 is 17.9 Å². The molecule has 1 aliphatic heterocycles. The van der Waals surface area contributed by atoms with Crippen molar-refractivity contribution in [2.24, 2.45) is 0 Å². The number of carbonyl (C=O) groups is 3. The van der Waals surface area contributed by atoms with Gasteiger partial charge in [-0.15, -0.1) is 0 Å². The number of benzene rings is 3. The van der Waals surface area contributed by atoms with Crippen LogP contribution in [0.4, 0.5) is 5.82 Å². The molecule has 1 fully saturated rings. The number of nitrogen functional groups attached to an aromatic ring is 1. The predicted molar refractivity (Wildman–Crippen MR) is 152 cm³/mol. The second-order valence-corrected chi connectivity index (χ2v) is 9.58. The molecule has 43 heavy (non-hydrogen) atoms. The molecule has 0 amide bonds. The summed E-state index contributed by atoms with van der Waals surface area (Å²) in [6.45, 7) is -0.319. The molecule has 0 radical (unpaired) electrons. The maximum Gasteiger partial charge on any atom is 0.338 e. The first-order valence-electron chi connectivity index (χ1n) is 13.3. The topological polar surface area (TPSA) is 158 Å². The van der Waals surface area contributed by atoms with Crippen LogP contribution in [0.15, 0.2) is 104 Å². The van der Waals surface area contributed by atoms with Gasteiger partial charge in [0, 0.05) is 0 Å². The van der Waals surface area contributed by atoms with E-state index in [1.165, 1.54) is 17.2 Å². The van der Waals surface area contributed by atoms with Crippen molar-refractivity contribution in [3.05, 3.63) is 120 Å². The molecule has 1 aliphatic rings. The Hall–Kier alpha value is -5.62. The van der Waals surface area contributed by atoms with Gasteiger partial charge in [-0.2, -0.15) is 0 Å². The molecule has 5 aromatic rings. The van der Waals surface area contributed by atoms with Crippen LogP contribution in [0.25, 0.3) is 11.2 Å². The summed E-state index contributed by atoms with van der Waals surface area (Å²) in [5.41, 5.74) is 7.48. The molecular weight excluding hydrogens is 554 g/mol. The van der Waals surface area contributed by atoms with Gasteiger partial charge in [-0.25, -0.2) is 29.3 Å². The third-order valence-corrected chi connectivity index (χ3v) is 6.84. The lowest BCUT2D eigenvalue weighted by molar-refractivity contribution is -0.0606. The fraction of sp³-hybridized carbons (Fsp3) is 0.161. The maximum absolute atomic E-state index is 13.3. The van der Waals surface area contributed by atoms with Crippen LogP contribution in [0.3, 0.4) is 0 Å². The lowest BCUT2D eigenvalue weighted by Gasteiger charge is -2.25. The van der Waals surface area contributed by atoms with E-state index in [2.05, 4.69) is 15.0 Å². The van der Waals surface area contributed by atoms with Crippen LogP contribution in [0.5, 0.6) is 0 Å². The second kappa shape index (κ2) is 12.1. The van der Waals surface area contributed by atoms with Gasteiger partial charge in [0.25, 0.3) is 0 Å². The summed E-state index contributed by atoms with van der Waals surface area (Å²) in [6.07, 6.45) is -1.88. The first-order chi connectivity index (χ1) is 21.0. The maximum atomic E-state index is 13.3. The van der Waals surface area contributed by atoms with Crippen molar-refractivity contribution in [1.29, 1.82) is 0 Å². The number of hydrogen-bond donors (Lipinski definition) is 1. The lowest BCUT2D eigenvalue weighted by Crippen LogP contribution is -2.41. The Balaban J connectivity index is 1.37. The van der Waals surface area contributed by atoms with Crippen molar-refractivity contribution in [3.63, 3.8) is 0 Å². The van der Waals surface area contributed by atoms with Crippen LogP contribution in [0, 0.1) is 0 Å². The molecule has 3 heterocycles. The minimum atomic E-state index is -1.21. The Kier molecular flexibility index (Phi) is 7.74. The number of esters is 3. The average molecular weight is 580 g/mol. The van der Waals surface area contributed by atoms with Gasteiger partial charge in [0.15, 0.2) is 29.9 Å². The van der Waals surface area contributed by atoms with Crippen molar-refractivity contribution >= 4 is 34.9 Å². The smallest absolute Gasteiger partial charge is 0.338 e. The quantitative estimate of drug-likeness (QED) is 0.211. The number of rotatable bonds is 8. The summed E-state index contributed by atoms with van der Waals surface area (Å²) in [4.78, 5) is 52.0. The van der Waals surface area contributed by atoms with Crippen LogP contribution in [-0.4, -0.2) is 62.3 Å². The lowest BCUT2D eigenvalue weighted by atomic mass is 10.1. The highest BCUT2D eigenvalue weighted by Crippen LogP contribution is 2.37. The second-order valence-electron chi connectivity index (χ2n) is 9.58. The van der Waals surface area contributed by atoms with Crippen molar-refractivity contribution in [2.45, 2.75) is 24.5 Å². The summed E-state index contributed by atoms with van der Waals surface area (Å²) in [5.74, 6) is -1.83. The van der Waals surface area contributed by atoms with E-state index in [0.29, 0.717) is 16.7 Å². The molecule has 0 spiro atoms. The molecule has 1 saturated heterocycles. The van der Waals surface area contributed by atoms with Crippen LogP contribution in [0.2, 0.25) is 0 Å². The molecule has 2 aromatic heterocycles. The van der Waals surface area contributed by atoms with Gasteiger partial charge in [0.1, 0.15) is 24.6 Å². The molecular formula is C31H25N5O7. The molecule has 3 aromatic carbocycles. The zero-order chi connectivity index (χ0) is 29.8. The zero-order valence-electron chi connectivity index (χ0n) is 22.6. The molecule has 12 nitrogen and oxygen atoms in total. The van der Waals surface area contributed by atoms with E-state index in [4.69, 9.17) is 24.7 Å². The summed E-state index contributed by atoms with van der Waals surface area (Å²) in [5, 5.41) is 0. The molecule has 0 unspecified atom stereocenters. The number of ether oxygens (including phenoxy) is 4. The zero-order valence-corrected chi connectivity index (χ0v) is 22.6. The number of aromatic nitrogens is 4. The molecule has 0 bridgehead atoms. The Morgan fingerprint density at radius 2 is 1.26 bits per heavy atom. The largest absolute Gasteiger partial charge is 0.459 e. The average Bonchev–Trinajstić information content (AvgIpc) is 3.63. The number of nitrogens with zero attached hydrogens (tertiary/aromatic N) is 4. The van der Waals surface area contributed by atoms with Crippen LogP contribution >= 0.6 is 0 Å². The van der Waals surface area contributed by atoms with Crippen molar-refractivity contribution in [2.75, 3.05) is 12.3 Å². The van der Waals surface area contributed by atoms with Gasteiger partial charge in [-0.3, -0.25) is 4.57 Å². The van der Waals surface area contributed by atoms with Gasteiger partial charge in [0.05, 0.1) is 23.0 Å².